The molecule has 0 amide bonds. The molecule has 20 heavy (non-hydrogen) atoms. The molecule has 106 valence electrons. The quantitative estimate of drug-likeness (QED) is 0.582. The molecule has 1 aromatic heterocycles. The first-order valence-electron chi connectivity index (χ1n) is 7.31. The maximum absolute atomic E-state index is 3.88. The molecule has 1 unspecified atom stereocenters. The van der Waals surface area contributed by atoms with Crippen LogP contribution in [0.1, 0.15) is 58.5 Å². The van der Waals surface area contributed by atoms with Crippen molar-refractivity contribution in [1.29, 1.82) is 0 Å². The summed E-state index contributed by atoms with van der Waals surface area (Å²) < 4.78 is 0. The van der Waals surface area contributed by atoms with Gasteiger partial charge in [-0.3, -0.25) is 0 Å². The van der Waals surface area contributed by atoms with Crippen LogP contribution < -0.4 is 0 Å². The third-order valence-electron chi connectivity index (χ3n) is 4.08. The van der Waals surface area contributed by atoms with Gasteiger partial charge in [-0.05, 0) is 47.4 Å². The van der Waals surface area contributed by atoms with Crippen molar-refractivity contribution in [2.24, 2.45) is 0 Å². The Kier molecular flexibility index (Phi) is 3.81. The third kappa shape index (κ3) is 2.73. The highest BCUT2D eigenvalue weighted by Gasteiger charge is 2.20. The van der Waals surface area contributed by atoms with Crippen LogP contribution in [0.3, 0.4) is 0 Å². The second kappa shape index (κ2) is 5.31. The van der Waals surface area contributed by atoms with Gasteiger partial charge in [0.05, 0.1) is 4.83 Å². The summed E-state index contributed by atoms with van der Waals surface area (Å²) in [6.45, 7) is 6.78. The van der Waals surface area contributed by atoms with Crippen molar-refractivity contribution in [3.8, 4) is 0 Å². The largest absolute Gasteiger partial charge is 0.144 e. The van der Waals surface area contributed by atoms with Crippen LogP contribution in [0.2, 0.25) is 0 Å². The van der Waals surface area contributed by atoms with Gasteiger partial charge in [0, 0.05) is 9.75 Å². The monoisotopic (exact) mass is 348 g/mol. The average molecular weight is 349 g/mol. The summed E-state index contributed by atoms with van der Waals surface area (Å²) in [4.78, 5) is 3.40. The first kappa shape index (κ1) is 14.3. The molecule has 1 aliphatic carbocycles. The lowest BCUT2D eigenvalue weighted by Gasteiger charge is -2.19. The zero-order valence-corrected chi connectivity index (χ0v) is 14.8. The summed E-state index contributed by atoms with van der Waals surface area (Å²) in [5.74, 6) is 0. The molecule has 3 rings (SSSR count). The van der Waals surface area contributed by atoms with Crippen molar-refractivity contribution in [1.82, 2.24) is 0 Å². The van der Waals surface area contributed by atoms with Gasteiger partial charge in [0.25, 0.3) is 0 Å². The fourth-order valence-corrected chi connectivity index (χ4v) is 4.77. The summed E-state index contributed by atoms with van der Waals surface area (Å²) in [6, 6.07) is 11.5. The van der Waals surface area contributed by atoms with Crippen LogP contribution >= 0.6 is 27.3 Å². The zero-order chi connectivity index (χ0) is 14.3. The normalized spacial score (nSPS) is 16.2. The van der Waals surface area contributed by atoms with E-state index in [1.807, 2.05) is 11.3 Å². The van der Waals surface area contributed by atoms with Gasteiger partial charge < -0.3 is 0 Å². The van der Waals surface area contributed by atoms with Crippen LogP contribution in [0, 0.1) is 0 Å². The molecule has 0 aliphatic heterocycles. The average Bonchev–Trinajstić information content (AvgIpc) is 2.97. The fraction of sp³-hybridized carbons (Fsp3) is 0.444. The van der Waals surface area contributed by atoms with Gasteiger partial charge >= 0.3 is 0 Å². The molecule has 0 saturated heterocycles. The maximum Gasteiger partial charge on any atom is 0.0738 e. The molecule has 2 aromatic rings. The summed E-state index contributed by atoms with van der Waals surface area (Å²) in [5, 5.41) is 0. The Labute approximate surface area is 134 Å². The Morgan fingerprint density at radius 3 is 2.40 bits per heavy atom. The molecule has 0 nitrogen and oxygen atoms in total. The highest BCUT2D eigenvalue weighted by Crippen LogP contribution is 2.40. The highest BCUT2D eigenvalue weighted by molar-refractivity contribution is 9.09. The molecule has 0 radical (unpaired) electrons. The zero-order valence-electron chi connectivity index (χ0n) is 12.4. The number of benzene rings is 1. The molecule has 1 aromatic carbocycles. The minimum atomic E-state index is 0.227. The summed E-state index contributed by atoms with van der Waals surface area (Å²) >= 11 is 5.87. The molecule has 0 saturated carbocycles. The van der Waals surface area contributed by atoms with E-state index >= 15 is 0 Å². The number of hydrogen-bond acceptors (Lipinski definition) is 1. The van der Waals surface area contributed by atoms with Crippen molar-refractivity contribution in [2.45, 2.75) is 50.3 Å². The molecule has 0 fully saturated rings. The SMILES string of the molecule is CC(C)(C)c1ccc(C(Br)c2cc3c(s2)CCC3)cc1. The van der Waals surface area contributed by atoms with Gasteiger partial charge in [-0.1, -0.05) is 61.0 Å². The highest BCUT2D eigenvalue weighted by atomic mass is 79.9. The lowest BCUT2D eigenvalue weighted by atomic mass is 9.86. The molecule has 1 aliphatic rings. The van der Waals surface area contributed by atoms with E-state index in [1.165, 1.54) is 35.3 Å². The van der Waals surface area contributed by atoms with E-state index in [1.54, 1.807) is 10.4 Å². The molecule has 1 heterocycles. The molecule has 0 bridgehead atoms. The van der Waals surface area contributed by atoms with E-state index in [-0.39, 0.29) is 5.41 Å². The van der Waals surface area contributed by atoms with E-state index in [0.717, 1.165) is 0 Å². The van der Waals surface area contributed by atoms with E-state index < -0.39 is 0 Å². The number of rotatable bonds is 2. The number of hydrogen-bond donors (Lipinski definition) is 0. The van der Waals surface area contributed by atoms with Crippen LogP contribution in [0.5, 0.6) is 0 Å². The lowest BCUT2D eigenvalue weighted by molar-refractivity contribution is 0.590. The van der Waals surface area contributed by atoms with Gasteiger partial charge in [0.1, 0.15) is 0 Å². The smallest absolute Gasteiger partial charge is 0.0738 e. The van der Waals surface area contributed by atoms with Crippen molar-refractivity contribution in [3.05, 3.63) is 56.8 Å². The fourth-order valence-electron chi connectivity index (χ4n) is 2.79. The lowest BCUT2D eigenvalue weighted by Crippen LogP contribution is -2.10. The van der Waals surface area contributed by atoms with Gasteiger partial charge in [0.2, 0.25) is 0 Å². The van der Waals surface area contributed by atoms with E-state index in [2.05, 4.69) is 67.0 Å². The second-order valence-electron chi connectivity index (χ2n) is 6.69. The topological polar surface area (TPSA) is 0 Å². The van der Waals surface area contributed by atoms with Crippen molar-refractivity contribution >= 4 is 27.3 Å². The van der Waals surface area contributed by atoms with Crippen molar-refractivity contribution < 1.29 is 0 Å². The molecule has 0 N–H and O–H groups in total. The van der Waals surface area contributed by atoms with Gasteiger partial charge in [-0.25, -0.2) is 0 Å². The van der Waals surface area contributed by atoms with E-state index in [4.69, 9.17) is 0 Å². The van der Waals surface area contributed by atoms with Crippen LogP contribution in [0.4, 0.5) is 0 Å². The van der Waals surface area contributed by atoms with Gasteiger partial charge in [0.15, 0.2) is 0 Å². The Balaban J connectivity index is 1.84. The number of fused-ring (bicyclic) bond motifs is 1. The van der Waals surface area contributed by atoms with Gasteiger partial charge in [-0.15, -0.1) is 11.3 Å². The van der Waals surface area contributed by atoms with Crippen LogP contribution in [0.15, 0.2) is 30.3 Å². The molecular formula is C18H21BrS. The van der Waals surface area contributed by atoms with Gasteiger partial charge in [-0.2, -0.15) is 0 Å². The third-order valence-corrected chi connectivity index (χ3v) is 6.71. The Morgan fingerprint density at radius 2 is 1.80 bits per heavy atom. The maximum atomic E-state index is 3.88. The first-order chi connectivity index (χ1) is 9.45. The number of alkyl halides is 1. The number of thiophene rings is 1. The van der Waals surface area contributed by atoms with Crippen LogP contribution in [0.25, 0.3) is 0 Å². The predicted molar refractivity (Wildman–Crippen MR) is 92.3 cm³/mol. The van der Waals surface area contributed by atoms with Crippen molar-refractivity contribution in [3.63, 3.8) is 0 Å². The Bertz CT molecular complexity index is 580. The van der Waals surface area contributed by atoms with E-state index in [9.17, 15) is 0 Å². The standard InChI is InChI=1S/C18H21BrS/c1-18(2,3)14-9-7-12(8-10-14)17(19)16-11-13-5-4-6-15(13)20-16/h7-11,17H,4-6H2,1-3H3. The molecule has 0 spiro atoms. The number of aryl methyl sites for hydroxylation is 2. The summed E-state index contributed by atoms with van der Waals surface area (Å²) in [7, 11) is 0. The Morgan fingerprint density at radius 1 is 1.10 bits per heavy atom. The predicted octanol–water partition coefficient (Wildman–Crippen LogP) is 6.02. The molecule has 2 heteroatoms. The summed E-state index contributed by atoms with van der Waals surface area (Å²) in [5.41, 5.74) is 4.57. The van der Waals surface area contributed by atoms with E-state index in [0.29, 0.717) is 4.83 Å². The summed E-state index contributed by atoms with van der Waals surface area (Å²) in [6.07, 6.45) is 3.89. The van der Waals surface area contributed by atoms with Crippen molar-refractivity contribution in [2.75, 3.05) is 0 Å². The molecular weight excluding hydrogens is 328 g/mol. The second-order valence-corrected chi connectivity index (χ2v) is 8.77. The number of halogens is 1. The minimum Gasteiger partial charge on any atom is -0.144 e. The molecule has 1 atom stereocenters. The minimum absolute atomic E-state index is 0.227. The van der Waals surface area contributed by atoms with Crippen LogP contribution in [-0.2, 0) is 18.3 Å². The van der Waals surface area contributed by atoms with Crippen LogP contribution in [-0.4, -0.2) is 0 Å². The first-order valence-corrected chi connectivity index (χ1v) is 9.04. The Hall–Kier alpha value is -0.600.